The zero-order valence-corrected chi connectivity index (χ0v) is 6.56. The molecule has 10 heavy (non-hydrogen) atoms. The number of allylic oxidation sites excluding steroid dienone is 3. The molecule has 1 aliphatic rings. The van der Waals surface area contributed by atoms with Gasteiger partial charge in [-0.05, 0) is 25.3 Å². The van der Waals surface area contributed by atoms with Crippen LogP contribution in [0.3, 0.4) is 0 Å². The topological polar surface area (TPSA) is 12.0 Å². The van der Waals surface area contributed by atoms with E-state index in [4.69, 9.17) is 0 Å². The van der Waals surface area contributed by atoms with Crippen molar-refractivity contribution < 1.29 is 0 Å². The Hall–Kier alpha value is -0.720. The molecule has 0 fully saturated rings. The second-order valence-electron chi connectivity index (χ2n) is 2.57. The molecule has 0 aromatic heterocycles. The third-order valence-electron chi connectivity index (χ3n) is 1.57. The van der Waals surface area contributed by atoms with Gasteiger partial charge in [-0.15, -0.1) is 0 Å². The summed E-state index contributed by atoms with van der Waals surface area (Å²) in [4.78, 5) is 0. The van der Waals surface area contributed by atoms with E-state index >= 15 is 0 Å². The Balaban J connectivity index is 2.26. The molecular formula is C9H15N. The minimum Gasteiger partial charge on any atom is -0.385 e. The van der Waals surface area contributed by atoms with Gasteiger partial charge in [-0.2, -0.15) is 0 Å². The minimum absolute atomic E-state index is 1.09. The van der Waals surface area contributed by atoms with Gasteiger partial charge < -0.3 is 5.32 Å². The average Bonchev–Trinajstić information content (AvgIpc) is 2.03. The van der Waals surface area contributed by atoms with E-state index in [0.29, 0.717) is 0 Å². The second-order valence-corrected chi connectivity index (χ2v) is 2.57. The quantitative estimate of drug-likeness (QED) is 0.629. The summed E-state index contributed by atoms with van der Waals surface area (Å²) < 4.78 is 0. The predicted octanol–water partition coefficient (Wildman–Crippen LogP) is 2.22. The van der Waals surface area contributed by atoms with Crippen molar-refractivity contribution in [1.82, 2.24) is 5.32 Å². The van der Waals surface area contributed by atoms with Gasteiger partial charge in [0, 0.05) is 12.2 Å². The van der Waals surface area contributed by atoms with Crippen LogP contribution in [0, 0.1) is 0 Å². The predicted molar refractivity (Wildman–Crippen MR) is 44.8 cm³/mol. The fourth-order valence-electron chi connectivity index (χ4n) is 1.01. The van der Waals surface area contributed by atoms with E-state index in [1.807, 2.05) is 0 Å². The standard InChI is InChI=1S/C9H15N/c1-2-8-10-9-6-4-3-5-7-9/h4,6-7,10H,2-3,5,8H2,1H3. The van der Waals surface area contributed by atoms with Crippen molar-refractivity contribution in [3.05, 3.63) is 23.9 Å². The SMILES string of the molecule is CCCNC1=CCCC=C1. The molecule has 0 amide bonds. The lowest BCUT2D eigenvalue weighted by atomic mass is 10.1. The smallest absolute Gasteiger partial charge is 0.0296 e. The van der Waals surface area contributed by atoms with Gasteiger partial charge in [0.25, 0.3) is 0 Å². The van der Waals surface area contributed by atoms with Gasteiger partial charge in [-0.1, -0.05) is 19.1 Å². The second kappa shape index (κ2) is 4.15. The monoisotopic (exact) mass is 137 g/mol. The highest BCUT2D eigenvalue weighted by Gasteiger charge is 1.93. The molecule has 0 bridgehead atoms. The van der Waals surface area contributed by atoms with E-state index in [1.165, 1.54) is 25.0 Å². The number of hydrogen-bond donors (Lipinski definition) is 1. The van der Waals surface area contributed by atoms with Crippen LogP contribution in [0.5, 0.6) is 0 Å². The normalized spacial score (nSPS) is 16.7. The van der Waals surface area contributed by atoms with E-state index in [0.717, 1.165) is 6.54 Å². The van der Waals surface area contributed by atoms with Crippen LogP contribution in [0.15, 0.2) is 23.9 Å². The summed E-state index contributed by atoms with van der Waals surface area (Å²) in [6.07, 6.45) is 10.2. The minimum atomic E-state index is 1.09. The molecule has 0 atom stereocenters. The largest absolute Gasteiger partial charge is 0.385 e. The summed E-state index contributed by atoms with van der Waals surface area (Å²) in [6, 6.07) is 0. The lowest BCUT2D eigenvalue weighted by Gasteiger charge is -2.08. The Kier molecular flexibility index (Phi) is 3.07. The molecule has 1 aliphatic carbocycles. The van der Waals surface area contributed by atoms with Crippen LogP contribution in [-0.2, 0) is 0 Å². The van der Waals surface area contributed by atoms with Crippen molar-refractivity contribution in [2.24, 2.45) is 0 Å². The summed E-state index contributed by atoms with van der Waals surface area (Å²) in [7, 11) is 0. The molecule has 1 rings (SSSR count). The number of rotatable bonds is 3. The first-order valence-electron chi connectivity index (χ1n) is 4.04. The molecule has 1 nitrogen and oxygen atoms in total. The molecule has 0 spiro atoms. The van der Waals surface area contributed by atoms with Gasteiger partial charge in [0.1, 0.15) is 0 Å². The first-order valence-corrected chi connectivity index (χ1v) is 4.04. The van der Waals surface area contributed by atoms with Crippen molar-refractivity contribution in [3.63, 3.8) is 0 Å². The Labute approximate surface area is 62.8 Å². The van der Waals surface area contributed by atoms with Crippen LogP contribution in [0.25, 0.3) is 0 Å². The molecule has 0 aromatic carbocycles. The van der Waals surface area contributed by atoms with Crippen molar-refractivity contribution in [2.75, 3.05) is 6.54 Å². The van der Waals surface area contributed by atoms with Crippen LogP contribution < -0.4 is 5.32 Å². The van der Waals surface area contributed by atoms with E-state index < -0.39 is 0 Å². The zero-order valence-electron chi connectivity index (χ0n) is 6.56. The Morgan fingerprint density at radius 1 is 1.50 bits per heavy atom. The molecule has 0 heterocycles. The number of hydrogen-bond acceptors (Lipinski definition) is 1. The maximum absolute atomic E-state index is 3.35. The van der Waals surface area contributed by atoms with Crippen LogP contribution in [0.4, 0.5) is 0 Å². The van der Waals surface area contributed by atoms with E-state index in [9.17, 15) is 0 Å². The van der Waals surface area contributed by atoms with Gasteiger partial charge in [0.2, 0.25) is 0 Å². The summed E-state index contributed by atoms with van der Waals surface area (Å²) in [6.45, 7) is 3.27. The Morgan fingerprint density at radius 2 is 2.40 bits per heavy atom. The fraction of sp³-hybridized carbons (Fsp3) is 0.556. The van der Waals surface area contributed by atoms with Crippen LogP contribution in [0.2, 0.25) is 0 Å². The summed E-state index contributed by atoms with van der Waals surface area (Å²) >= 11 is 0. The van der Waals surface area contributed by atoms with E-state index in [1.54, 1.807) is 0 Å². The number of nitrogens with one attached hydrogen (secondary N) is 1. The van der Waals surface area contributed by atoms with Gasteiger partial charge >= 0.3 is 0 Å². The molecule has 1 heteroatoms. The van der Waals surface area contributed by atoms with Crippen molar-refractivity contribution >= 4 is 0 Å². The lowest BCUT2D eigenvalue weighted by molar-refractivity contribution is 0.772. The summed E-state index contributed by atoms with van der Waals surface area (Å²) in [5, 5.41) is 3.35. The lowest BCUT2D eigenvalue weighted by Crippen LogP contribution is -2.13. The van der Waals surface area contributed by atoms with Crippen molar-refractivity contribution in [3.8, 4) is 0 Å². The summed E-state index contributed by atoms with van der Waals surface area (Å²) in [5.74, 6) is 0. The molecule has 56 valence electrons. The molecule has 0 saturated heterocycles. The van der Waals surface area contributed by atoms with E-state index in [2.05, 4.69) is 30.5 Å². The van der Waals surface area contributed by atoms with Gasteiger partial charge in [-0.3, -0.25) is 0 Å². The van der Waals surface area contributed by atoms with Crippen molar-refractivity contribution in [1.29, 1.82) is 0 Å². The van der Waals surface area contributed by atoms with Crippen molar-refractivity contribution in [2.45, 2.75) is 26.2 Å². The molecule has 0 radical (unpaired) electrons. The first-order chi connectivity index (χ1) is 4.93. The molecule has 0 aromatic rings. The Morgan fingerprint density at radius 3 is 3.00 bits per heavy atom. The van der Waals surface area contributed by atoms with Crippen LogP contribution >= 0.6 is 0 Å². The Bertz CT molecular complexity index is 145. The van der Waals surface area contributed by atoms with Crippen LogP contribution in [-0.4, -0.2) is 6.54 Å². The third-order valence-corrected chi connectivity index (χ3v) is 1.57. The third kappa shape index (κ3) is 2.26. The molecule has 1 N–H and O–H groups in total. The van der Waals surface area contributed by atoms with Gasteiger partial charge in [-0.25, -0.2) is 0 Å². The van der Waals surface area contributed by atoms with Gasteiger partial charge in [0.05, 0.1) is 0 Å². The van der Waals surface area contributed by atoms with Crippen LogP contribution in [0.1, 0.15) is 26.2 Å². The summed E-state index contributed by atoms with van der Waals surface area (Å²) in [5.41, 5.74) is 1.30. The first kappa shape index (κ1) is 7.39. The molecule has 0 aliphatic heterocycles. The maximum Gasteiger partial charge on any atom is 0.0296 e. The fourth-order valence-corrected chi connectivity index (χ4v) is 1.01. The maximum atomic E-state index is 3.35. The molecule has 0 saturated carbocycles. The highest BCUT2D eigenvalue weighted by molar-refractivity contribution is 5.19. The zero-order chi connectivity index (χ0) is 7.23. The van der Waals surface area contributed by atoms with Gasteiger partial charge in [0.15, 0.2) is 0 Å². The van der Waals surface area contributed by atoms with E-state index in [-0.39, 0.29) is 0 Å². The molecular weight excluding hydrogens is 122 g/mol. The highest BCUT2D eigenvalue weighted by atomic mass is 14.9. The molecule has 0 unspecified atom stereocenters. The average molecular weight is 137 g/mol. The highest BCUT2D eigenvalue weighted by Crippen LogP contribution is 2.05.